The van der Waals surface area contributed by atoms with Crippen molar-refractivity contribution in [3.63, 3.8) is 0 Å². The molecule has 27 heavy (non-hydrogen) atoms. The van der Waals surface area contributed by atoms with Gasteiger partial charge in [0, 0.05) is 6.54 Å². The molecule has 0 amide bonds. The molecule has 1 heterocycles. The number of benzene rings is 2. The van der Waals surface area contributed by atoms with E-state index in [1.807, 2.05) is 0 Å². The number of halogens is 3. The Morgan fingerprint density at radius 2 is 1.74 bits per heavy atom. The van der Waals surface area contributed by atoms with Crippen LogP contribution in [0.1, 0.15) is 37.8 Å². The number of rotatable bonds is 4. The molecule has 142 valence electrons. The maximum atomic E-state index is 13.9. The van der Waals surface area contributed by atoms with Crippen molar-refractivity contribution in [1.29, 1.82) is 0 Å². The normalized spacial score (nSPS) is 15.5. The zero-order valence-electron chi connectivity index (χ0n) is 15.1. The van der Waals surface area contributed by atoms with E-state index in [0.717, 1.165) is 12.8 Å². The molecule has 0 unspecified atom stereocenters. The van der Waals surface area contributed by atoms with Crippen molar-refractivity contribution in [3.05, 3.63) is 47.5 Å². The lowest BCUT2D eigenvalue weighted by Gasteiger charge is -2.19. The Bertz CT molecular complexity index is 981. The van der Waals surface area contributed by atoms with E-state index >= 15 is 0 Å². The molecule has 4 rings (SSSR count). The standard InChI is InChI=1S/C20H20F3N3O/c1-19(2,27)14-7-5-13(6-8-14)15-9-10-16-18(17(15)20(21,22)23)24-25-26(16)11-12-3-4-12/h5-10,12,27H,3-4,11H2,1-2H3. The van der Waals surface area contributed by atoms with E-state index in [-0.39, 0.29) is 11.1 Å². The first-order chi connectivity index (χ1) is 12.6. The second kappa shape index (κ2) is 6.05. The zero-order valence-corrected chi connectivity index (χ0v) is 15.1. The van der Waals surface area contributed by atoms with Crippen molar-refractivity contribution in [2.24, 2.45) is 5.92 Å². The first-order valence-electron chi connectivity index (χ1n) is 8.91. The Hall–Kier alpha value is -2.41. The van der Waals surface area contributed by atoms with Gasteiger partial charge in [-0.05, 0) is 55.4 Å². The Morgan fingerprint density at radius 1 is 1.07 bits per heavy atom. The second-order valence-corrected chi connectivity index (χ2v) is 7.70. The molecule has 0 spiro atoms. The van der Waals surface area contributed by atoms with Crippen LogP contribution in [0, 0.1) is 5.92 Å². The molecule has 0 saturated heterocycles. The third kappa shape index (κ3) is 3.43. The van der Waals surface area contributed by atoms with Gasteiger partial charge in [-0.15, -0.1) is 5.10 Å². The molecule has 4 nitrogen and oxygen atoms in total. The molecule has 2 aromatic carbocycles. The third-order valence-electron chi connectivity index (χ3n) is 5.00. The number of hydrogen-bond acceptors (Lipinski definition) is 3. The molecule has 0 bridgehead atoms. The highest BCUT2D eigenvalue weighted by Gasteiger charge is 2.38. The second-order valence-electron chi connectivity index (χ2n) is 7.70. The summed E-state index contributed by atoms with van der Waals surface area (Å²) in [5.41, 5.74) is -0.404. The van der Waals surface area contributed by atoms with E-state index in [9.17, 15) is 18.3 Å². The van der Waals surface area contributed by atoms with Gasteiger partial charge in [0.2, 0.25) is 0 Å². The van der Waals surface area contributed by atoms with Crippen LogP contribution in [0.3, 0.4) is 0 Å². The van der Waals surface area contributed by atoms with Crippen LogP contribution in [-0.4, -0.2) is 20.1 Å². The Balaban J connectivity index is 1.85. The molecular formula is C20H20F3N3O. The summed E-state index contributed by atoms with van der Waals surface area (Å²) in [5, 5.41) is 17.9. The zero-order chi connectivity index (χ0) is 19.4. The van der Waals surface area contributed by atoms with Crippen LogP contribution in [0.2, 0.25) is 0 Å². The van der Waals surface area contributed by atoms with E-state index in [2.05, 4.69) is 10.3 Å². The van der Waals surface area contributed by atoms with Crippen molar-refractivity contribution in [3.8, 4) is 11.1 Å². The molecule has 3 aromatic rings. The first-order valence-corrected chi connectivity index (χ1v) is 8.91. The number of nitrogens with zero attached hydrogens (tertiary/aromatic N) is 3. The van der Waals surface area contributed by atoms with Crippen molar-refractivity contribution < 1.29 is 18.3 Å². The summed E-state index contributed by atoms with van der Waals surface area (Å²) < 4.78 is 43.3. The van der Waals surface area contributed by atoms with E-state index in [1.165, 1.54) is 6.07 Å². The molecule has 1 N–H and O–H groups in total. The third-order valence-corrected chi connectivity index (χ3v) is 5.00. The summed E-state index contributed by atoms with van der Waals surface area (Å²) in [7, 11) is 0. The van der Waals surface area contributed by atoms with Gasteiger partial charge in [-0.3, -0.25) is 0 Å². The molecular weight excluding hydrogens is 355 g/mol. The average molecular weight is 375 g/mol. The minimum Gasteiger partial charge on any atom is -0.386 e. The summed E-state index contributed by atoms with van der Waals surface area (Å²) in [6.07, 6.45) is -2.39. The molecule has 1 aromatic heterocycles. The Morgan fingerprint density at radius 3 is 2.30 bits per heavy atom. The van der Waals surface area contributed by atoms with E-state index < -0.39 is 17.3 Å². The van der Waals surface area contributed by atoms with E-state index in [4.69, 9.17) is 0 Å². The van der Waals surface area contributed by atoms with Crippen molar-refractivity contribution in [2.75, 3.05) is 0 Å². The number of fused-ring (bicyclic) bond motifs is 1. The largest absolute Gasteiger partial charge is 0.419 e. The van der Waals surface area contributed by atoms with Gasteiger partial charge in [0.05, 0.1) is 16.7 Å². The van der Waals surface area contributed by atoms with Crippen molar-refractivity contribution >= 4 is 11.0 Å². The Labute approximate surface area is 154 Å². The van der Waals surface area contributed by atoms with Crippen molar-refractivity contribution in [1.82, 2.24) is 15.0 Å². The number of hydrogen-bond donors (Lipinski definition) is 1. The van der Waals surface area contributed by atoms with Gasteiger partial charge < -0.3 is 5.11 Å². The van der Waals surface area contributed by atoms with E-state index in [0.29, 0.717) is 29.1 Å². The summed E-state index contributed by atoms with van der Waals surface area (Å²) in [6, 6.07) is 9.62. The molecule has 1 saturated carbocycles. The lowest BCUT2D eigenvalue weighted by Crippen LogP contribution is -2.15. The fourth-order valence-electron chi connectivity index (χ4n) is 3.30. The summed E-state index contributed by atoms with van der Waals surface area (Å²) in [6.45, 7) is 3.87. The predicted octanol–water partition coefficient (Wildman–Crippen LogP) is 4.75. The van der Waals surface area contributed by atoms with Crippen LogP contribution in [-0.2, 0) is 18.3 Å². The van der Waals surface area contributed by atoms with Gasteiger partial charge in [0.15, 0.2) is 0 Å². The molecule has 0 atom stereocenters. The quantitative estimate of drug-likeness (QED) is 0.716. The summed E-state index contributed by atoms with van der Waals surface area (Å²) in [4.78, 5) is 0. The molecule has 1 aliphatic rings. The number of aliphatic hydroxyl groups is 1. The molecule has 7 heteroatoms. The summed E-state index contributed by atoms with van der Waals surface area (Å²) >= 11 is 0. The van der Waals surface area contributed by atoms with Gasteiger partial charge in [-0.25, -0.2) is 4.68 Å². The van der Waals surface area contributed by atoms with Crippen LogP contribution in [0.4, 0.5) is 13.2 Å². The van der Waals surface area contributed by atoms with Gasteiger partial charge in [0.1, 0.15) is 5.52 Å². The van der Waals surface area contributed by atoms with Gasteiger partial charge in [0.25, 0.3) is 0 Å². The fraction of sp³-hybridized carbons (Fsp3) is 0.400. The molecule has 0 aliphatic heterocycles. The molecule has 1 aliphatic carbocycles. The molecule has 0 radical (unpaired) electrons. The highest BCUT2D eigenvalue weighted by Crippen LogP contribution is 2.41. The maximum absolute atomic E-state index is 13.9. The predicted molar refractivity (Wildman–Crippen MR) is 95.9 cm³/mol. The van der Waals surface area contributed by atoms with Gasteiger partial charge in [-0.2, -0.15) is 13.2 Å². The van der Waals surface area contributed by atoms with Crippen LogP contribution in [0.25, 0.3) is 22.2 Å². The van der Waals surface area contributed by atoms with Crippen LogP contribution in [0.15, 0.2) is 36.4 Å². The smallest absolute Gasteiger partial charge is 0.386 e. The minimum absolute atomic E-state index is 0.0655. The number of alkyl halides is 3. The average Bonchev–Trinajstić information content (AvgIpc) is 3.31. The lowest BCUT2D eigenvalue weighted by atomic mass is 9.93. The highest BCUT2D eigenvalue weighted by molar-refractivity contribution is 5.87. The molecule has 1 fully saturated rings. The number of aromatic nitrogens is 3. The van der Waals surface area contributed by atoms with Gasteiger partial charge >= 0.3 is 6.18 Å². The van der Waals surface area contributed by atoms with E-state index in [1.54, 1.807) is 48.9 Å². The lowest BCUT2D eigenvalue weighted by molar-refractivity contribution is -0.135. The first kappa shape index (κ1) is 18.0. The maximum Gasteiger partial charge on any atom is 0.419 e. The Kier molecular flexibility index (Phi) is 4.03. The summed E-state index contributed by atoms with van der Waals surface area (Å²) in [5.74, 6) is 0.485. The highest BCUT2D eigenvalue weighted by atomic mass is 19.4. The van der Waals surface area contributed by atoms with Crippen LogP contribution >= 0.6 is 0 Å². The SMILES string of the molecule is CC(C)(O)c1ccc(-c2ccc3c(nnn3CC3CC3)c2C(F)(F)F)cc1. The van der Waals surface area contributed by atoms with Crippen LogP contribution in [0.5, 0.6) is 0 Å². The van der Waals surface area contributed by atoms with Crippen molar-refractivity contribution in [2.45, 2.75) is 45.0 Å². The van der Waals surface area contributed by atoms with Gasteiger partial charge in [-0.1, -0.05) is 35.5 Å². The topological polar surface area (TPSA) is 50.9 Å². The minimum atomic E-state index is -4.55. The fourth-order valence-corrected chi connectivity index (χ4v) is 3.30. The monoisotopic (exact) mass is 375 g/mol. The van der Waals surface area contributed by atoms with Crippen LogP contribution < -0.4 is 0 Å².